The van der Waals surface area contributed by atoms with Gasteiger partial charge >= 0.3 is 0 Å². The molecule has 230 valence electrons. The second-order valence-corrected chi connectivity index (χ2v) is 11.5. The first kappa shape index (κ1) is 29.8. The van der Waals surface area contributed by atoms with Gasteiger partial charge in [0.2, 0.25) is 5.91 Å². The van der Waals surface area contributed by atoms with Crippen LogP contribution in [0.25, 0.3) is 22.0 Å². The summed E-state index contributed by atoms with van der Waals surface area (Å²) in [5.74, 6) is 1.65. The number of nitrogens with one attached hydrogen (secondary N) is 2. The van der Waals surface area contributed by atoms with E-state index in [0.717, 1.165) is 16.5 Å². The highest BCUT2D eigenvalue weighted by Gasteiger charge is 2.32. The Morgan fingerprint density at radius 1 is 1.09 bits per heavy atom. The normalized spacial score (nSPS) is 18.5. The van der Waals surface area contributed by atoms with Gasteiger partial charge in [-0.15, -0.1) is 0 Å². The van der Waals surface area contributed by atoms with Crippen LogP contribution < -0.4 is 30.7 Å². The molecule has 6 rings (SSSR count). The third-order valence-corrected chi connectivity index (χ3v) is 8.54. The van der Waals surface area contributed by atoms with E-state index in [0.29, 0.717) is 70.7 Å². The molecule has 2 atom stereocenters. The zero-order chi connectivity index (χ0) is 31.0. The number of benzene rings is 1. The molecule has 1 amide bonds. The molecule has 14 heteroatoms. The van der Waals surface area contributed by atoms with E-state index in [4.69, 9.17) is 53.1 Å². The fourth-order valence-corrected chi connectivity index (χ4v) is 6.15. The molecule has 0 saturated carbocycles. The number of nitrogens with two attached hydrogens (primary N) is 1. The number of amides is 1. The van der Waals surface area contributed by atoms with Crippen molar-refractivity contribution in [1.29, 1.82) is 0 Å². The molecule has 0 spiro atoms. The molecule has 5 heterocycles. The zero-order valence-electron chi connectivity index (χ0n) is 24.4. The maximum Gasteiger partial charge on any atom is 0.241 e. The molecule has 4 aromatic rings. The Bertz CT molecular complexity index is 1710. The van der Waals surface area contributed by atoms with Crippen LogP contribution >= 0.6 is 23.2 Å². The van der Waals surface area contributed by atoms with Gasteiger partial charge in [-0.1, -0.05) is 29.3 Å². The highest BCUT2D eigenvalue weighted by Crippen LogP contribution is 2.46. The third-order valence-electron chi connectivity index (χ3n) is 7.79. The second kappa shape index (κ2) is 12.4. The van der Waals surface area contributed by atoms with Gasteiger partial charge < -0.3 is 35.5 Å². The number of aryl methyl sites for hydroxylation is 1. The number of carbonyl (C=O) groups is 1. The molecule has 2 fully saturated rings. The lowest BCUT2D eigenvalue weighted by molar-refractivity contribution is -0.113. The van der Waals surface area contributed by atoms with Gasteiger partial charge in [-0.2, -0.15) is 5.10 Å². The van der Waals surface area contributed by atoms with Crippen LogP contribution in [-0.2, 0) is 16.6 Å². The summed E-state index contributed by atoms with van der Waals surface area (Å²) in [7, 11) is 4.94. The van der Waals surface area contributed by atoms with Crippen LogP contribution in [-0.4, -0.2) is 78.3 Å². The monoisotopic (exact) mass is 638 g/mol. The maximum atomic E-state index is 11.5. The molecule has 0 unspecified atom stereocenters. The average molecular weight is 640 g/mol. The highest BCUT2D eigenvalue weighted by atomic mass is 35.5. The molecular formula is C30H32Cl2N8O4. The Hall–Kier alpha value is -4.26. The molecule has 44 heavy (non-hydrogen) atoms. The second-order valence-electron chi connectivity index (χ2n) is 10.8. The first-order valence-corrected chi connectivity index (χ1v) is 14.7. The fourth-order valence-electron chi connectivity index (χ4n) is 5.45. The Balaban J connectivity index is 1.38. The van der Waals surface area contributed by atoms with Gasteiger partial charge in [0.15, 0.2) is 0 Å². The molecule has 0 aliphatic carbocycles. The molecule has 2 saturated heterocycles. The van der Waals surface area contributed by atoms with Gasteiger partial charge in [-0.05, 0) is 18.2 Å². The molecule has 3 aromatic heterocycles. The predicted octanol–water partition coefficient (Wildman–Crippen LogP) is 4.12. The summed E-state index contributed by atoms with van der Waals surface area (Å²) in [5, 5.41) is 13.7. The van der Waals surface area contributed by atoms with E-state index >= 15 is 0 Å². The molecule has 0 radical (unpaired) electrons. The standard InChI is InChI=1S/C30H32Cl2N8O4/c1-39-12-19(10-35-39)40-11-16(4-5-25(33)41)22(13-40)37-26-7-20-17(9-34-26)6-21(38-30(20)36-18-14-44-15-18)27-28(31)23(42-2)8-24(43-3)29(27)32/h4-10,12,16,18,22H,11,13-15H2,1-3H3,(H2,33,41)(H,34,37)(H,36,38)/t16-,22-/m0/s1. The number of hydrogen-bond donors (Lipinski definition) is 3. The van der Waals surface area contributed by atoms with Crippen molar-refractivity contribution in [3.05, 3.63) is 59.0 Å². The first-order chi connectivity index (χ1) is 21.2. The van der Waals surface area contributed by atoms with Crippen LogP contribution in [0.3, 0.4) is 0 Å². The number of methoxy groups -OCH3 is 2. The summed E-state index contributed by atoms with van der Waals surface area (Å²) < 4.78 is 18.1. The quantitative estimate of drug-likeness (QED) is 0.217. The number of aromatic nitrogens is 4. The van der Waals surface area contributed by atoms with Gasteiger partial charge in [-0.25, -0.2) is 9.97 Å². The van der Waals surface area contributed by atoms with Crippen molar-refractivity contribution in [2.45, 2.75) is 12.1 Å². The Morgan fingerprint density at radius 3 is 2.45 bits per heavy atom. The van der Waals surface area contributed by atoms with Crippen LogP contribution in [0.15, 0.2) is 48.9 Å². The van der Waals surface area contributed by atoms with Crippen LogP contribution in [0.1, 0.15) is 0 Å². The third kappa shape index (κ3) is 5.92. The van der Waals surface area contributed by atoms with E-state index in [1.54, 1.807) is 16.9 Å². The first-order valence-electron chi connectivity index (χ1n) is 14.0. The van der Waals surface area contributed by atoms with Gasteiger partial charge in [0.1, 0.15) is 23.1 Å². The number of hydrogen-bond acceptors (Lipinski definition) is 10. The Morgan fingerprint density at radius 2 is 1.84 bits per heavy atom. The lowest BCUT2D eigenvalue weighted by Gasteiger charge is -2.28. The number of carbonyl (C=O) groups excluding carboxylic acids is 1. The summed E-state index contributed by atoms with van der Waals surface area (Å²) in [6.45, 7) is 2.50. The summed E-state index contributed by atoms with van der Waals surface area (Å²) in [5.41, 5.74) is 7.45. The number of fused-ring (bicyclic) bond motifs is 1. The Labute approximate surface area is 264 Å². The summed E-state index contributed by atoms with van der Waals surface area (Å²) >= 11 is 13.5. The van der Waals surface area contributed by atoms with Crippen LogP contribution in [0.4, 0.5) is 17.3 Å². The van der Waals surface area contributed by atoms with Crippen molar-refractivity contribution >= 4 is 57.2 Å². The molecule has 12 nitrogen and oxygen atoms in total. The number of halogens is 2. The lowest BCUT2D eigenvalue weighted by atomic mass is 10.0. The predicted molar refractivity (Wildman–Crippen MR) is 171 cm³/mol. The Kier molecular flexibility index (Phi) is 8.39. The molecule has 2 aliphatic heterocycles. The van der Waals surface area contributed by atoms with Gasteiger partial charge in [0.05, 0.1) is 67.1 Å². The van der Waals surface area contributed by atoms with E-state index in [9.17, 15) is 4.79 Å². The maximum absolute atomic E-state index is 11.5. The molecule has 0 bridgehead atoms. The number of rotatable bonds is 10. The van der Waals surface area contributed by atoms with Crippen molar-refractivity contribution in [2.24, 2.45) is 18.7 Å². The van der Waals surface area contributed by atoms with Gasteiger partial charge in [0, 0.05) is 60.9 Å². The van der Waals surface area contributed by atoms with E-state index < -0.39 is 5.91 Å². The number of primary amides is 1. The molecule has 4 N–H and O–H groups in total. The van der Waals surface area contributed by atoms with E-state index in [1.165, 1.54) is 20.3 Å². The number of anilines is 3. The summed E-state index contributed by atoms with van der Waals surface area (Å²) in [6.07, 6.45) is 8.84. The topological polar surface area (TPSA) is 142 Å². The lowest BCUT2D eigenvalue weighted by Crippen LogP contribution is -2.40. The minimum Gasteiger partial charge on any atom is -0.495 e. The molecule has 1 aromatic carbocycles. The van der Waals surface area contributed by atoms with E-state index in [1.807, 2.05) is 37.7 Å². The molecule has 2 aliphatic rings. The van der Waals surface area contributed by atoms with Crippen LogP contribution in [0, 0.1) is 5.92 Å². The van der Waals surface area contributed by atoms with Crippen LogP contribution in [0.2, 0.25) is 10.0 Å². The van der Waals surface area contributed by atoms with Crippen molar-refractivity contribution in [2.75, 3.05) is 56.1 Å². The highest BCUT2D eigenvalue weighted by molar-refractivity contribution is 6.41. The van der Waals surface area contributed by atoms with Crippen molar-refractivity contribution < 1.29 is 19.0 Å². The average Bonchev–Trinajstić information content (AvgIpc) is 3.60. The zero-order valence-corrected chi connectivity index (χ0v) is 25.9. The number of nitrogens with zero attached hydrogens (tertiary/aromatic N) is 5. The van der Waals surface area contributed by atoms with Gasteiger partial charge in [-0.3, -0.25) is 9.48 Å². The number of pyridine rings is 2. The van der Waals surface area contributed by atoms with Crippen molar-refractivity contribution in [1.82, 2.24) is 19.7 Å². The van der Waals surface area contributed by atoms with E-state index in [-0.39, 0.29) is 18.0 Å². The minimum atomic E-state index is -0.487. The SMILES string of the molecule is COc1cc(OC)c(Cl)c(-c2cc3cnc(N[C@H]4CN(c5cnn(C)c5)C[C@@H]4C=CC(N)=O)cc3c(NC3COC3)n2)c1Cl. The number of ether oxygens (including phenoxy) is 3. The van der Waals surface area contributed by atoms with E-state index in [2.05, 4.69) is 20.6 Å². The van der Waals surface area contributed by atoms with Crippen LogP contribution in [0.5, 0.6) is 11.5 Å². The summed E-state index contributed by atoms with van der Waals surface area (Å²) in [4.78, 5) is 23.5. The fraction of sp³-hybridized carbons (Fsp3) is 0.333. The summed E-state index contributed by atoms with van der Waals surface area (Å²) in [6, 6.07) is 5.54. The smallest absolute Gasteiger partial charge is 0.241 e. The van der Waals surface area contributed by atoms with Crippen molar-refractivity contribution in [3.63, 3.8) is 0 Å². The largest absolute Gasteiger partial charge is 0.495 e. The van der Waals surface area contributed by atoms with Gasteiger partial charge in [0.25, 0.3) is 0 Å². The molecular weight excluding hydrogens is 607 g/mol. The minimum absolute atomic E-state index is 0.00208. The van der Waals surface area contributed by atoms with Crippen molar-refractivity contribution in [3.8, 4) is 22.8 Å².